The van der Waals surface area contributed by atoms with E-state index >= 15 is 0 Å². The molecule has 5 rings (SSSR count). The van der Waals surface area contributed by atoms with Gasteiger partial charge in [-0.25, -0.2) is 4.98 Å². The molecule has 0 radical (unpaired) electrons. The molecule has 5 aromatic rings. The van der Waals surface area contributed by atoms with E-state index in [2.05, 4.69) is 84.9 Å². The topological polar surface area (TPSA) is 12.9 Å². The second-order valence-electron chi connectivity index (χ2n) is 6.68. The molecule has 1 nitrogen and oxygen atoms in total. The van der Waals surface area contributed by atoms with Crippen molar-refractivity contribution < 1.29 is 0 Å². The molecular weight excluding hydrogens is 350 g/mol. The molecule has 0 fully saturated rings. The standard InChI is InChI=1S/C25H16ClN/c26-23-15-24(21-11-9-17-5-1-3-7-19(17)13-21)27-25(16-23)22-12-10-18-6-2-4-8-20(18)14-22/h1-16H. The minimum atomic E-state index is 0.691. The van der Waals surface area contributed by atoms with Crippen molar-refractivity contribution in [3.05, 3.63) is 102 Å². The van der Waals surface area contributed by atoms with Crippen molar-refractivity contribution >= 4 is 33.1 Å². The zero-order valence-electron chi connectivity index (χ0n) is 14.6. The lowest BCUT2D eigenvalue weighted by Crippen LogP contribution is -1.89. The van der Waals surface area contributed by atoms with Gasteiger partial charge >= 0.3 is 0 Å². The molecule has 0 aliphatic carbocycles. The van der Waals surface area contributed by atoms with Crippen molar-refractivity contribution in [2.45, 2.75) is 0 Å². The predicted molar refractivity (Wildman–Crippen MR) is 115 cm³/mol. The fourth-order valence-electron chi connectivity index (χ4n) is 3.49. The number of nitrogens with zero attached hydrogens (tertiary/aromatic N) is 1. The van der Waals surface area contributed by atoms with Gasteiger partial charge < -0.3 is 0 Å². The van der Waals surface area contributed by atoms with Crippen LogP contribution in [0.2, 0.25) is 5.02 Å². The van der Waals surface area contributed by atoms with Crippen molar-refractivity contribution in [1.29, 1.82) is 0 Å². The minimum absolute atomic E-state index is 0.691. The highest BCUT2D eigenvalue weighted by atomic mass is 35.5. The molecule has 2 heteroatoms. The summed E-state index contributed by atoms with van der Waals surface area (Å²) < 4.78 is 0. The van der Waals surface area contributed by atoms with Crippen LogP contribution < -0.4 is 0 Å². The van der Waals surface area contributed by atoms with E-state index in [4.69, 9.17) is 16.6 Å². The highest BCUT2D eigenvalue weighted by Crippen LogP contribution is 2.30. The van der Waals surface area contributed by atoms with Gasteiger partial charge in [0.25, 0.3) is 0 Å². The van der Waals surface area contributed by atoms with E-state index in [9.17, 15) is 0 Å². The lowest BCUT2D eigenvalue weighted by molar-refractivity contribution is 1.33. The van der Waals surface area contributed by atoms with Crippen LogP contribution in [-0.2, 0) is 0 Å². The van der Waals surface area contributed by atoms with Crippen LogP contribution in [0.15, 0.2) is 97.1 Å². The van der Waals surface area contributed by atoms with Gasteiger partial charge in [-0.05, 0) is 45.8 Å². The third kappa shape index (κ3) is 3.07. The van der Waals surface area contributed by atoms with E-state index in [1.807, 2.05) is 12.1 Å². The molecule has 4 aromatic carbocycles. The van der Waals surface area contributed by atoms with E-state index in [1.165, 1.54) is 21.5 Å². The highest BCUT2D eigenvalue weighted by molar-refractivity contribution is 6.31. The Morgan fingerprint density at radius 2 is 0.926 bits per heavy atom. The zero-order chi connectivity index (χ0) is 18.2. The Kier molecular flexibility index (Phi) is 3.88. The SMILES string of the molecule is Clc1cc(-c2ccc3ccccc3c2)nc(-c2ccc3ccccc3c2)c1. The molecule has 1 aromatic heterocycles. The van der Waals surface area contributed by atoms with E-state index < -0.39 is 0 Å². The Bertz CT molecular complexity index is 1190. The smallest absolute Gasteiger partial charge is 0.0724 e. The molecule has 0 N–H and O–H groups in total. The second kappa shape index (κ2) is 6.53. The Morgan fingerprint density at radius 3 is 1.41 bits per heavy atom. The van der Waals surface area contributed by atoms with Gasteiger partial charge in [-0.2, -0.15) is 0 Å². The van der Waals surface area contributed by atoms with Crippen LogP contribution in [0.5, 0.6) is 0 Å². The summed E-state index contributed by atoms with van der Waals surface area (Å²) in [5.74, 6) is 0. The summed E-state index contributed by atoms with van der Waals surface area (Å²) >= 11 is 6.45. The Labute approximate surface area is 162 Å². The first-order chi connectivity index (χ1) is 13.3. The van der Waals surface area contributed by atoms with E-state index in [1.54, 1.807) is 0 Å². The van der Waals surface area contributed by atoms with Crippen molar-refractivity contribution in [2.24, 2.45) is 0 Å². The molecule has 0 atom stereocenters. The number of hydrogen-bond acceptors (Lipinski definition) is 1. The molecule has 0 saturated heterocycles. The molecule has 0 aliphatic heterocycles. The summed E-state index contributed by atoms with van der Waals surface area (Å²) in [6.07, 6.45) is 0. The van der Waals surface area contributed by atoms with Crippen LogP contribution in [0.25, 0.3) is 44.1 Å². The maximum atomic E-state index is 6.45. The van der Waals surface area contributed by atoms with Crippen LogP contribution in [-0.4, -0.2) is 4.98 Å². The molecule has 0 aliphatic rings. The zero-order valence-corrected chi connectivity index (χ0v) is 15.3. The first kappa shape index (κ1) is 16.0. The first-order valence-corrected chi connectivity index (χ1v) is 9.30. The number of rotatable bonds is 2. The molecule has 0 unspecified atom stereocenters. The third-order valence-corrected chi connectivity index (χ3v) is 5.10. The molecule has 27 heavy (non-hydrogen) atoms. The number of fused-ring (bicyclic) bond motifs is 2. The van der Waals surface area contributed by atoms with Crippen LogP contribution in [0.4, 0.5) is 0 Å². The molecule has 128 valence electrons. The summed E-state index contributed by atoms with van der Waals surface area (Å²) in [6.45, 7) is 0. The third-order valence-electron chi connectivity index (χ3n) is 4.88. The van der Waals surface area contributed by atoms with Crippen molar-refractivity contribution in [2.75, 3.05) is 0 Å². The van der Waals surface area contributed by atoms with Crippen molar-refractivity contribution in [3.8, 4) is 22.5 Å². The average molecular weight is 366 g/mol. The molecule has 1 heterocycles. The largest absolute Gasteiger partial charge is 0.248 e. The normalized spacial score (nSPS) is 11.1. The number of halogens is 1. The van der Waals surface area contributed by atoms with Gasteiger partial charge in [0.05, 0.1) is 11.4 Å². The summed E-state index contributed by atoms with van der Waals surface area (Å²) in [7, 11) is 0. The second-order valence-corrected chi connectivity index (χ2v) is 7.12. The Balaban J connectivity index is 1.64. The maximum absolute atomic E-state index is 6.45. The summed E-state index contributed by atoms with van der Waals surface area (Å²) in [5, 5.41) is 5.53. The summed E-state index contributed by atoms with van der Waals surface area (Å²) in [4.78, 5) is 4.90. The van der Waals surface area contributed by atoms with Crippen molar-refractivity contribution in [1.82, 2.24) is 4.98 Å². The number of pyridine rings is 1. The van der Waals surface area contributed by atoms with E-state index in [0.717, 1.165) is 22.5 Å². The molecule has 0 spiro atoms. The highest BCUT2D eigenvalue weighted by Gasteiger charge is 2.08. The minimum Gasteiger partial charge on any atom is -0.248 e. The van der Waals surface area contributed by atoms with Crippen LogP contribution in [0.1, 0.15) is 0 Å². The maximum Gasteiger partial charge on any atom is 0.0724 e. The predicted octanol–water partition coefficient (Wildman–Crippen LogP) is 7.38. The van der Waals surface area contributed by atoms with Crippen LogP contribution in [0.3, 0.4) is 0 Å². The monoisotopic (exact) mass is 365 g/mol. The Hall–Kier alpha value is -3.16. The quantitative estimate of drug-likeness (QED) is 0.318. The lowest BCUT2D eigenvalue weighted by atomic mass is 10.0. The summed E-state index contributed by atoms with van der Waals surface area (Å²) in [6, 6.07) is 33.3. The number of aromatic nitrogens is 1. The summed E-state index contributed by atoms with van der Waals surface area (Å²) in [5.41, 5.74) is 3.91. The van der Waals surface area contributed by atoms with Gasteiger partial charge in [0.1, 0.15) is 0 Å². The average Bonchev–Trinajstić information content (AvgIpc) is 2.72. The lowest BCUT2D eigenvalue weighted by Gasteiger charge is -2.09. The number of hydrogen-bond donors (Lipinski definition) is 0. The first-order valence-electron chi connectivity index (χ1n) is 8.92. The fourth-order valence-corrected chi connectivity index (χ4v) is 3.70. The van der Waals surface area contributed by atoms with Gasteiger partial charge in [-0.1, -0.05) is 84.4 Å². The van der Waals surface area contributed by atoms with Gasteiger partial charge in [-0.3, -0.25) is 0 Å². The van der Waals surface area contributed by atoms with E-state index in [-0.39, 0.29) is 0 Å². The van der Waals surface area contributed by atoms with Crippen LogP contribution in [0, 0.1) is 0 Å². The van der Waals surface area contributed by atoms with Gasteiger partial charge in [0.2, 0.25) is 0 Å². The molecule has 0 saturated carbocycles. The molecule has 0 amide bonds. The molecule has 0 bridgehead atoms. The number of benzene rings is 4. The van der Waals surface area contributed by atoms with E-state index in [0.29, 0.717) is 5.02 Å². The van der Waals surface area contributed by atoms with Gasteiger partial charge in [0, 0.05) is 16.1 Å². The Morgan fingerprint density at radius 1 is 0.481 bits per heavy atom. The molecular formula is C25H16ClN. The van der Waals surface area contributed by atoms with Gasteiger partial charge in [0.15, 0.2) is 0 Å². The van der Waals surface area contributed by atoms with Crippen molar-refractivity contribution in [3.63, 3.8) is 0 Å². The van der Waals surface area contributed by atoms with Gasteiger partial charge in [-0.15, -0.1) is 0 Å². The van der Waals surface area contributed by atoms with Crippen LogP contribution >= 0.6 is 11.6 Å². The fraction of sp³-hybridized carbons (Fsp3) is 0.